The molecule has 0 bridgehead atoms. The summed E-state index contributed by atoms with van der Waals surface area (Å²) in [5.74, 6) is -1.26. The van der Waals surface area contributed by atoms with E-state index in [1.165, 1.54) is 19.2 Å². The number of carboxylic acids is 1. The fraction of sp³-hybridized carbons (Fsp3) is 0.364. The third-order valence-electron chi connectivity index (χ3n) is 1.98. The molecule has 0 saturated carbocycles. The Morgan fingerprint density at radius 2 is 2.25 bits per heavy atom. The van der Waals surface area contributed by atoms with Crippen molar-refractivity contribution < 1.29 is 23.8 Å². The molecular formula is C11H13FO4. The first kappa shape index (κ1) is 12.4. The summed E-state index contributed by atoms with van der Waals surface area (Å²) >= 11 is 0. The first-order chi connectivity index (χ1) is 7.63. The summed E-state index contributed by atoms with van der Waals surface area (Å²) in [6.07, 6.45) is 0.466. The van der Waals surface area contributed by atoms with E-state index in [0.717, 1.165) is 5.56 Å². The van der Waals surface area contributed by atoms with Gasteiger partial charge in [0.25, 0.3) is 0 Å². The van der Waals surface area contributed by atoms with Gasteiger partial charge in [-0.2, -0.15) is 0 Å². The first-order valence-corrected chi connectivity index (χ1v) is 4.75. The fourth-order valence-corrected chi connectivity index (χ4v) is 1.21. The van der Waals surface area contributed by atoms with Crippen LogP contribution in [0.4, 0.5) is 4.39 Å². The summed E-state index contributed by atoms with van der Waals surface area (Å²) in [7, 11) is 1.40. The number of benzene rings is 1. The number of hydrogen-bond acceptors (Lipinski definition) is 3. The van der Waals surface area contributed by atoms with Crippen LogP contribution in [0.2, 0.25) is 0 Å². The van der Waals surface area contributed by atoms with Crippen LogP contribution in [0.3, 0.4) is 0 Å². The van der Waals surface area contributed by atoms with Crippen molar-refractivity contribution >= 4 is 5.97 Å². The van der Waals surface area contributed by atoms with E-state index in [-0.39, 0.29) is 19.0 Å². The Balaban J connectivity index is 2.43. The van der Waals surface area contributed by atoms with E-state index >= 15 is 0 Å². The Morgan fingerprint density at radius 1 is 1.50 bits per heavy atom. The highest BCUT2D eigenvalue weighted by molar-refractivity contribution is 5.67. The van der Waals surface area contributed by atoms with Gasteiger partial charge in [-0.05, 0) is 24.1 Å². The number of carboxylic acid groups (broad SMARTS) is 1. The molecule has 0 aliphatic carbocycles. The number of rotatable bonds is 6. The molecule has 1 rings (SSSR count). The number of halogens is 1. The molecule has 0 unspecified atom stereocenters. The monoisotopic (exact) mass is 228 g/mol. The van der Waals surface area contributed by atoms with Gasteiger partial charge in [0.05, 0.1) is 13.7 Å². The van der Waals surface area contributed by atoms with Gasteiger partial charge in [-0.25, -0.2) is 9.18 Å². The third-order valence-corrected chi connectivity index (χ3v) is 1.98. The summed E-state index contributed by atoms with van der Waals surface area (Å²) in [5.41, 5.74) is 0.740. The Bertz CT molecular complexity index is 365. The highest BCUT2D eigenvalue weighted by atomic mass is 19.1. The van der Waals surface area contributed by atoms with E-state index in [9.17, 15) is 9.18 Å². The molecule has 5 heteroatoms. The quantitative estimate of drug-likeness (QED) is 0.749. The van der Waals surface area contributed by atoms with Crippen LogP contribution in [-0.2, 0) is 16.0 Å². The topological polar surface area (TPSA) is 55.8 Å². The van der Waals surface area contributed by atoms with E-state index in [2.05, 4.69) is 0 Å². The molecule has 0 atom stereocenters. The average Bonchev–Trinajstić information content (AvgIpc) is 2.24. The van der Waals surface area contributed by atoms with Gasteiger partial charge in [0.1, 0.15) is 6.61 Å². The lowest BCUT2D eigenvalue weighted by Gasteiger charge is -2.05. The fourth-order valence-electron chi connectivity index (χ4n) is 1.21. The lowest BCUT2D eigenvalue weighted by molar-refractivity contribution is -0.142. The predicted octanol–water partition coefficient (Wildman–Crippen LogP) is 1.48. The van der Waals surface area contributed by atoms with Crippen molar-refractivity contribution in [1.29, 1.82) is 0 Å². The summed E-state index contributed by atoms with van der Waals surface area (Å²) < 4.78 is 22.8. The van der Waals surface area contributed by atoms with E-state index in [0.29, 0.717) is 6.42 Å². The van der Waals surface area contributed by atoms with Crippen LogP contribution in [0.5, 0.6) is 5.75 Å². The number of hydrogen-bond donors (Lipinski definition) is 1. The maximum Gasteiger partial charge on any atom is 0.329 e. The molecule has 1 aromatic carbocycles. The lowest BCUT2D eigenvalue weighted by Crippen LogP contribution is -2.09. The second-order valence-electron chi connectivity index (χ2n) is 3.17. The average molecular weight is 228 g/mol. The Labute approximate surface area is 92.6 Å². The molecular weight excluding hydrogens is 215 g/mol. The Kier molecular flexibility index (Phi) is 4.72. The Hall–Kier alpha value is -1.62. The van der Waals surface area contributed by atoms with Gasteiger partial charge < -0.3 is 14.6 Å². The van der Waals surface area contributed by atoms with Crippen LogP contribution in [0, 0.1) is 5.82 Å². The summed E-state index contributed by atoms with van der Waals surface area (Å²) in [5, 5.41) is 8.32. The number of methoxy groups -OCH3 is 1. The molecule has 0 spiro atoms. The molecule has 0 heterocycles. The lowest BCUT2D eigenvalue weighted by atomic mass is 10.1. The van der Waals surface area contributed by atoms with E-state index in [1.807, 2.05) is 0 Å². The minimum absolute atomic E-state index is 0.190. The summed E-state index contributed by atoms with van der Waals surface area (Å²) in [6, 6.07) is 4.59. The largest absolute Gasteiger partial charge is 0.494 e. The van der Waals surface area contributed by atoms with Crippen molar-refractivity contribution in [3.63, 3.8) is 0 Å². The molecule has 16 heavy (non-hydrogen) atoms. The van der Waals surface area contributed by atoms with Gasteiger partial charge in [-0.15, -0.1) is 0 Å². The van der Waals surface area contributed by atoms with Crippen molar-refractivity contribution in [3.05, 3.63) is 29.6 Å². The van der Waals surface area contributed by atoms with Crippen molar-refractivity contribution in [2.24, 2.45) is 0 Å². The molecule has 1 N–H and O–H groups in total. The van der Waals surface area contributed by atoms with Crippen LogP contribution in [0.25, 0.3) is 0 Å². The number of aliphatic carboxylic acids is 1. The number of carbonyl (C=O) groups is 1. The molecule has 1 aromatic rings. The molecule has 0 aliphatic rings. The van der Waals surface area contributed by atoms with Gasteiger partial charge in [0, 0.05) is 0 Å². The van der Waals surface area contributed by atoms with Crippen LogP contribution in [-0.4, -0.2) is 31.4 Å². The highest BCUT2D eigenvalue weighted by Gasteiger charge is 2.03. The first-order valence-electron chi connectivity index (χ1n) is 4.75. The maximum absolute atomic E-state index is 13.2. The molecule has 0 saturated heterocycles. The van der Waals surface area contributed by atoms with Crippen LogP contribution in [0.1, 0.15) is 5.56 Å². The molecule has 0 amide bonds. The standard InChI is InChI=1S/C11H13FO4/c1-15-10-3-2-8(6-9(10)12)4-5-16-7-11(13)14/h2-3,6H,4-5,7H2,1H3,(H,13,14). The van der Waals surface area contributed by atoms with Gasteiger partial charge >= 0.3 is 5.97 Å². The predicted molar refractivity (Wildman–Crippen MR) is 55.1 cm³/mol. The molecule has 0 aromatic heterocycles. The van der Waals surface area contributed by atoms with E-state index in [4.69, 9.17) is 14.6 Å². The van der Waals surface area contributed by atoms with Crippen LogP contribution >= 0.6 is 0 Å². The summed E-state index contributed by atoms with van der Waals surface area (Å²) in [4.78, 5) is 10.1. The van der Waals surface area contributed by atoms with Crippen molar-refractivity contribution in [2.75, 3.05) is 20.3 Å². The van der Waals surface area contributed by atoms with Gasteiger partial charge in [-0.3, -0.25) is 0 Å². The maximum atomic E-state index is 13.2. The molecule has 0 fully saturated rings. The highest BCUT2D eigenvalue weighted by Crippen LogP contribution is 2.17. The minimum atomic E-state index is -1.01. The van der Waals surface area contributed by atoms with Gasteiger partial charge in [0.15, 0.2) is 11.6 Å². The van der Waals surface area contributed by atoms with Crippen LogP contribution in [0.15, 0.2) is 18.2 Å². The van der Waals surface area contributed by atoms with Gasteiger partial charge in [-0.1, -0.05) is 6.07 Å². The molecule has 88 valence electrons. The zero-order valence-electron chi connectivity index (χ0n) is 8.90. The van der Waals surface area contributed by atoms with Crippen molar-refractivity contribution in [2.45, 2.75) is 6.42 Å². The van der Waals surface area contributed by atoms with Crippen LogP contribution < -0.4 is 4.74 Å². The van der Waals surface area contributed by atoms with Crippen molar-refractivity contribution in [3.8, 4) is 5.75 Å². The third kappa shape index (κ3) is 3.86. The number of ether oxygens (including phenoxy) is 2. The zero-order chi connectivity index (χ0) is 12.0. The SMILES string of the molecule is COc1ccc(CCOCC(=O)O)cc1F. The van der Waals surface area contributed by atoms with E-state index < -0.39 is 11.8 Å². The summed E-state index contributed by atoms with van der Waals surface area (Å²) in [6.45, 7) is -0.0866. The normalized spacial score (nSPS) is 10.1. The minimum Gasteiger partial charge on any atom is -0.494 e. The second-order valence-corrected chi connectivity index (χ2v) is 3.17. The second kappa shape index (κ2) is 6.07. The van der Waals surface area contributed by atoms with Gasteiger partial charge in [0.2, 0.25) is 0 Å². The Morgan fingerprint density at radius 3 is 2.81 bits per heavy atom. The molecule has 0 radical (unpaired) electrons. The zero-order valence-corrected chi connectivity index (χ0v) is 8.90. The molecule has 0 aliphatic heterocycles. The smallest absolute Gasteiger partial charge is 0.329 e. The van der Waals surface area contributed by atoms with Crippen molar-refractivity contribution in [1.82, 2.24) is 0 Å². The van der Waals surface area contributed by atoms with E-state index in [1.54, 1.807) is 6.07 Å². The molecule has 4 nitrogen and oxygen atoms in total.